The Bertz CT molecular complexity index is 504. The van der Waals surface area contributed by atoms with Crippen molar-refractivity contribution in [1.29, 1.82) is 5.26 Å². The molecule has 0 bridgehead atoms. The van der Waals surface area contributed by atoms with Gasteiger partial charge in [0, 0.05) is 5.56 Å². The van der Waals surface area contributed by atoms with Crippen LogP contribution in [0.15, 0.2) is 12.1 Å². The van der Waals surface area contributed by atoms with Crippen LogP contribution in [0.5, 0.6) is 0 Å². The van der Waals surface area contributed by atoms with Gasteiger partial charge in [-0.25, -0.2) is 4.39 Å². The van der Waals surface area contributed by atoms with Crippen LogP contribution in [0, 0.1) is 17.1 Å². The SMILES string of the molecule is N#Cc1cc(C(F)(F)F)c(C(=O)CBr)cc1F. The molecule has 0 aliphatic rings. The van der Waals surface area contributed by atoms with E-state index in [1.165, 1.54) is 6.07 Å². The fourth-order valence-corrected chi connectivity index (χ4v) is 1.50. The molecule has 1 aromatic rings. The molecule has 0 unspecified atom stereocenters. The summed E-state index contributed by atoms with van der Waals surface area (Å²) in [6.45, 7) is 0. The first-order valence-electron chi connectivity index (χ1n) is 4.21. The molecule has 17 heavy (non-hydrogen) atoms. The minimum absolute atomic E-state index is 0.339. The summed E-state index contributed by atoms with van der Waals surface area (Å²) >= 11 is 2.71. The second-order valence-electron chi connectivity index (χ2n) is 3.04. The van der Waals surface area contributed by atoms with Crippen molar-refractivity contribution in [2.75, 3.05) is 5.33 Å². The molecule has 90 valence electrons. The van der Waals surface area contributed by atoms with E-state index in [1.807, 2.05) is 0 Å². The van der Waals surface area contributed by atoms with Gasteiger partial charge in [-0.05, 0) is 12.1 Å². The number of carbonyl (C=O) groups is 1. The molecule has 0 aliphatic carbocycles. The largest absolute Gasteiger partial charge is 0.417 e. The number of rotatable bonds is 2. The van der Waals surface area contributed by atoms with Gasteiger partial charge in [0.1, 0.15) is 11.9 Å². The van der Waals surface area contributed by atoms with Crippen LogP contribution < -0.4 is 0 Å². The zero-order chi connectivity index (χ0) is 13.2. The van der Waals surface area contributed by atoms with E-state index in [0.717, 1.165) is 0 Å². The Morgan fingerprint density at radius 2 is 2.00 bits per heavy atom. The molecule has 0 atom stereocenters. The molecule has 7 heteroatoms. The van der Waals surface area contributed by atoms with Crippen LogP contribution >= 0.6 is 15.9 Å². The van der Waals surface area contributed by atoms with Crippen molar-refractivity contribution in [2.45, 2.75) is 6.18 Å². The first kappa shape index (κ1) is 13.6. The lowest BCUT2D eigenvalue weighted by Crippen LogP contribution is -2.15. The number of hydrogen-bond acceptors (Lipinski definition) is 2. The Morgan fingerprint density at radius 1 is 1.41 bits per heavy atom. The van der Waals surface area contributed by atoms with Gasteiger partial charge in [-0.15, -0.1) is 0 Å². The highest BCUT2D eigenvalue weighted by molar-refractivity contribution is 9.09. The van der Waals surface area contributed by atoms with E-state index in [-0.39, 0.29) is 5.33 Å². The second-order valence-corrected chi connectivity index (χ2v) is 3.60. The molecule has 0 N–H and O–H groups in total. The van der Waals surface area contributed by atoms with E-state index in [4.69, 9.17) is 5.26 Å². The lowest BCUT2D eigenvalue weighted by Gasteiger charge is -2.12. The number of alkyl halides is 4. The Hall–Kier alpha value is -1.42. The molecule has 0 fully saturated rings. The summed E-state index contributed by atoms with van der Waals surface area (Å²) in [4.78, 5) is 11.2. The minimum Gasteiger partial charge on any atom is -0.293 e. The number of nitrogens with zero attached hydrogens (tertiary/aromatic N) is 1. The van der Waals surface area contributed by atoms with Crippen LogP contribution in [-0.2, 0) is 6.18 Å². The van der Waals surface area contributed by atoms with Gasteiger partial charge < -0.3 is 0 Å². The number of ketones is 1. The predicted octanol–water partition coefficient (Wildman–Crippen LogP) is 3.29. The molecule has 2 nitrogen and oxygen atoms in total. The number of benzene rings is 1. The number of Topliss-reactive ketones (excluding diaryl/α,β-unsaturated/α-hetero) is 1. The van der Waals surface area contributed by atoms with Crippen LogP contribution in [0.1, 0.15) is 21.5 Å². The van der Waals surface area contributed by atoms with Crippen LogP contribution in [0.4, 0.5) is 17.6 Å². The average molecular weight is 310 g/mol. The predicted molar refractivity (Wildman–Crippen MR) is 54.2 cm³/mol. The molecule has 0 saturated heterocycles. The molecule has 0 radical (unpaired) electrons. The lowest BCUT2D eigenvalue weighted by molar-refractivity contribution is -0.137. The van der Waals surface area contributed by atoms with Crippen molar-refractivity contribution in [3.05, 3.63) is 34.6 Å². The molecule has 0 saturated carbocycles. The van der Waals surface area contributed by atoms with E-state index < -0.39 is 34.5 Å². The van der Waals surface area contributed by atoms with Crippen LogP contribution in [0.25, 0.3) is 0 Å². The molecule has 0 aliphatic heterocycles. The molecule has 1 aromatic carbocycles. The maximum atomic E-state index is 13.2. The molecular weight excluding hydrogens is 306 g/mol. The highest BCUT2D eigenvalue weighted by Gasteiger charge is 2.36. The lowest BCUT2D eigenvalue weighted by atomic mass is 10.0. The topological polar surface area (TPSA) is 40.9 Å². The van der Waals surface area contributed by atoms with Crippen molar-refractivity contribution >= 4 is 21.7 Å². The van der Waals surface area contributed by atoms with Crippen molar-refractivity contribution in [2.24, 2.45) is 0 Å². The summed E-state index contributed by atoms with van der Waals surface area (Å²) < 4.78 is 50.9. The Balaban J connectivity index is 3.54. The van der Waals surface area contributed by atoms with Gasteiger partial charge in [-0.3, -0.25) is 4.79 Å². The number of nitriles is 1. The smallest absolute Gasteiger partial charge is 0.293 e. The normalized spacial score (nSPS) is 11.1. The molecule has 0 heterocycles. The van der Waals surface area contributed by atoms with Gasteiger partial charge in [0.15, 0.2) is 5.78 Å². The molecule has 0 aromatic heterocycles. The number of halogens is 5. The summed E-state index contributed by atoms with van der Waals surface area (Å²) in [6.07, 6.45) is -4.81. The molecule has 0 amide bonds. The zero-order valence-electron chi connectivity index (χ0n) is 8.11. The first-order chi connectivity index (χ1) is 7.81. The fourth-order valence-electron chi connectivity index (χ4n) is 1.20. The first-order valence-corrected chi connectivity index (χ1v) is 5.33. The van der Waals surface area contributed by atoms with Gasteiger partial charge in [-0.1, -0.05) is 15.9 Å². The highest BCUT2D eigenvalue weighted by Crippen LogP contribution is 2.33. The standard InChI is InChI=1S/C10H4BrF4NO/c11-3-9(17)6-2-8(12)5(4-16)1-7(6)10(13,14)15/h1-2H,3H2. The number of hydrogen-bond donors (Lipinski definition) is 0. The van der Waals surface area contributed by atoms with E-state index in [1.54, 1.807) is 0 Å². The maximum absolute atomic E-state index is 13.2. The molecule has 0 spiro atoms. The zero-order valence-corrected chi connectivity index (χ0v) is 9.69. The van der Waals surface area contributed by atoms with Crippen LogP contribution in [0.2, 0.25) is 0 Å². The van der Waals surface area contributed by atoms with Crippen molar-refractivity contribution in [1.82, 2.24) is 0 Å². The van der Waals surface area contributed by atoms with Gasteiger partial charge in [0.05, 0.1) is 16.5 Å². The van der Waals surface area contributed by atoms with Gasteiger partial charge >= 0.3 is 6.18 Å². The number of carbonyl (C=O) groups excluding carboxylic acids is 1. The minimum atomic E-state index is -4.81. The Kier molecular flexibility index (Phi) is 3.88. The average Bonchev–Trinajstić information content (AvgIpc) is 2.26. The third-order valence-corrected chi connectivity index (χ3v) is 2.46. The summed E-state index contributed by atoms with van der Waals surface area (Å²) in [5.74, 6) is -2.05. The Labute approximate surface area is 102 Å². The molecule has 1 rings (SSSR count). The summed E-state index contributed by atoms with van der Waals surface area (Å²) in [5, 5.41) is 8.08. The van der Waals surface area contributed by atoms with Crippen molar-refractivity contribution < 1.29 is 22.4 Å². The Morgan fingerprint density at radius 3 is 2.41 bits per heavy atom. The third-order valence-electron chi connectivity index (χ3n) is 1.95. The highest BCUT2D eigenvalue weighted by atomic mass is 79.9. The summed E-state index contributed by atoms with van der Waals surface area (Å²) in [5.41, 5.74) is -2.84. The second kappa shape index (κ2) is 4.84. The fraction of sp³-hybridized carbons (Fsp3) is 0.200. The van der Waals surface area contributed by atoms with Gasteiger partial charge in [0.25, 0.3) is 0 Å². The summed E-state index contributed by atoms with van der Waals surface area (Å²) in [6, 6.07) is 2.07. The van der Waals surface area contributed by atoms with Gasteiger partial charge in [-0.2, -0.15) is 18.4 Å². The maximum Gasteiger partial charge on any atom is 0.417 e. The van der Waals surface area contributed by atoms with Crippen molar-refractivity contribution in [3.63, 3.8) is 0 Å². The quantitative estimate of drug-likeness (QED) is 0.478. The third kappa shape index (κ3) is 2.82. The van der Waals surface area contributed by atoms with E-state index >= 15 is 0 Å². The van der Waals surface area contributed by atoms with Crippen LogP contribution in [-0.4, -0.2) is 11.1 Å². The monoisotopic (exact) mass is 309 g/mol. The van der Waals surface area contributed by atoms with Crippen molar-refractivity contribution in [3.8, 4) is 6.07 Å². The van der Waals surface area contributed by atoms with E-state index in [2.05, 4.69) is 15.9 Å². The van der Waals surface area contributed by atoms with E-state index in [9.17, 15) is 22.4 Å². The van der Waals surface area contributed by atoms with Crippen LogP contribution in [0.3, 0.4) is 0 Å². The summed E-state index contributed by atoms with van der Waals surface area (Å²) in [7, 11) is 0. The van der Waals surface area contributed by atoms with Gasteiger partial charge in [0.2, 0.25) is 0 Å². The molecular formula is C10H4BrF4NO. The van der Waals surface area contributed by atoms with E-state index in [0.29, 0.717) is 12.1 Å².